The molecule has 1 aromatic rings. The van der Waals surface area contributed by atoms with Gasteiger partial charge in [-0.25, -0.2) is 4.98 Å². The van der Waals surface area contributed by atoms with E-state index in [0.717, 1.165) is 21.6 Å². The fraction of sp³-hybridized carbons (Fsp3) is 0.636. The minimum Gasteiger partial charge on any atom is -0.361 e. The Labute approximate surface area is 105 Å². The van der Waals surface area contributed by atoms with Crippen molar-refractivity contribution in [2.24, 2.45) is 10.9 Å². The standard InChI is InChI=1S/C11H17N3S2/c1-7(2)10-6-16-11(14-10)12-4-9-5-15-8(3)13-9/h5,7,10H,4,6H2,1-3H3,(H,12,14). The number of nitrogens with one attached hydrogen (secondary N) is 1. The van der Waals surface area contributed by atoms with Crippen LogP contribution in [0.15, 0.2) is 10.4 Å². The highest BCUT2D eigenvalue weighted by molar-refractivity contribution is 8.14. The minimum absolute atomic E-state index is 0.570. The van der Waals surface area contributed by atoms with Crippen LogP contribution in [0.3, 0.4) is 0 Å². The molecule has 3 nitrogen and oxygen atoms in total. The van der Waals surface area contributed by atoms with E-state index >= 15 is 0 Å². The Morgan fingerprint density at radius 1 is 1.62 bits per heavy atom. The van der Waals surface area contributed by atoms with Crippen LogP contribution in [0, 0.1) is 12.8 Å². The first-order valence-corrected chi connectivity index (χ1v) is 7.36. The second kappa shape index (κ2) is 5.19. The molecule has 1 aliphatic rings. The van der Waals surface area contributed by atoms with Gasteiger partial charge in [0.05, 0.1) is 17.2 Å². The van der Waals surface area contributed by atoms with Crippen LogP contribution < -0.4 is 5.32 Å². The summed E-state index contributed by atoms with van der Waals surface area (Å²) in [6, 6.07) is 0.570. The topological polar surface area (TPSA) is 37.3 Å². The van der Waals surface area contributed by atoms with Crippen LogP contribution in [0.2, 0.25) is 0 Å². The minimum atomic E-state index is 0.570. The lowest BCUT2D eigenvalue weighted by Crippen LogP contribution is -2.31. The summed E-state index contributed by atoms with van der Waals surface area (Å²) >= 11 is 3.50. The molecule has 2 heterocycles. The van der Waals surface area contributed by atoms with Crippen LogP contribution >= 0.6 is 23.1 Å². The number of hydrogen-bond donors (Lipinski definition) is 1. The molecule has 0 spiro atoms. The third-order valence-corrected chi connectivity index (χ3v) is 4.43. The van der Waals surface area contributed by atoms with E-state index in [1.54, 1.807) is 11.3 Å². The molecule has 88 valence electrons. The van der Waals surface area contributed by atoms with Crippen molar-refractivity contribution in [1.29, 1.82) is 0 Å². The van der Waals surface area contributed by atoms with E-state index in [4.69, 9.17) is 0 Å². The zero-order chi connectivity index (χ0) is 11.5. The van der Waals surface area contributed by atoms with Gasteiger partial charge in [0.25, 0.3) is 0 Å². The zero-order valence-electron chi connectivity index (χ0n) is 9.86. The van der Waals surface area contributed by atoms with Crippen molar-refractivity contribution in [3.63, 3.8) is 0 Å². The first kappa shape index (κ1) is 11.9. The largest absolute Gasteiger partial charge is 0.361 e. The number of hydrogen-bond acceptors (Lipinski definition) is 4. The Morgan fingerprint density at radius 3 is 3.00 bits per heavy atom. The molecule has 1 N–H and O–H groups in total. The van der Waals surface area contributed by atoms with Crippen molar-refractivity contribution in [2.45, 2.75) is 33.4 Å². The van der Waals surface area contributed by atoms with E-state index in [9.17, 15) is 0 Å². The van der Waals surface area contributed by atoms with Gasteiger partial charge >= 0.3 is 0 Å². The molecule has 1 unspecified atom stereocenters. The highest BCUT2D eigenvalue weighted by Gasteiger charge is 2.22. The molecule has 2 rings (SSSR count). The van der Waals surface area contributed by atoms with Crippen LogP contribution in [-0.4, -0.2) is 21.9 Å². The summed E-state index contributed by atoms with van der Waals surface area (Å²) in [5, 5.41) is 7.73. The van der Waals surface area contributed by atoms with E-state index in [1.807, 2.05) is 18.7 Å². The number of aryl methyl sites for hydroxylation is 1. The van der Waals surface area contributed by atoms with Crippen molar-refractivity contribution >= 4 is 28.3 Å². The fourth-order valence-electron chi connectivity index (χ4n) is 1.49. The zero-order valence-corrected chi connectivity index (χ0v) is 11.5. The molecule has 0 saturated carbocycles. The van der Waals surface area contributed by atoms with Crippen LogP contribution in [0.25, 0.3) is 0 Å². The molecule has 1 saturated heterocycles. The number of nitrogens with zero attached hydrogens (tertiary/aromatic N) is 2. The number of amidine groups is 1. The Kier molecular flexibility index (Phi) is 3.86. The van der Waals surface area contributed by atoms with Crippen LogP contribution in [0.1, 0.15) is 24.5 Å². The van der Waals surface area contributed by atoms with Gasteiger partial charge in [-0.15, -0.1) is 11.3 Å². The van der Waals surface area contributed by atoms with Crippen molar-refractivity contribution in [2.75, 3.05) is 5.75 Å². The summed E-state index contributed by atoms with van der Waals surface area (Å²) < 4.78 is 0. The maximum Gasteiger partial charge on any atom is 0.157 e. The molecule has 5 heteroatoms. The van der Waals surface area contributed by atoms with Gasteiger partial charge in [0.2, 0.25) is 0 Å². The molecule has 0 aromatic carbocycles. The lowest BCUT2D eigenvalue weighted by atomic mass is 10.1. The number of aromatic nitrogens is 1. The summed E-state index contributed by atoms with van der Waals surface area (Å²) in [5.41, 5.74) is 1.07. The Morgan fingerprint density at radius 2 is 2.44 bits per heavy atom. The third kappa shape index (κ3) is 2.98. The number of rotatable bonds is 3. The summed E-state index contributed by atoms with van der Waals surface area (Å²) in [7, 11) is 0. The van der Waals surface area contributed by atoms with Crippen LogP contribution in [-0.2, 0) is 6.54 Å². The monoisotopic (exact) mass is 255 g/mol. The van der Waals surface area contributed by atoms with Gasteiger partial charge in [0.15, 0.2) is 5.17 Å². The smallest absolute Gasteiger partial charge is 0.157 e. The molecular weight excluding hydrogens is 238 g/mol. The molecule has 1 aromatic heterocycles. The summed E-state index contributed by atoms with van der Waals surface area (Å²) in [4.78, 5) is 8.95. The molecule has 1 aliphatic heterocycles. The van der Waals surface area contributed by atoms with Crippen molar-refractivity contribution in [3.05, 3.63) is 16.1 Å². The summed E-state index contributed by atoms with van der Waals surface area (Å²) in [6.07, 6.45) is 0. The van der Waals surface area contributed by atoms with Gasteiger partial charge in [-0.05, 0) is 12.8 Å². The highest BCUT2D eigenvalue weighted by atomic mass is 32.2. The molecule has 0 radical (unpaired) electrons. The van der Waals surface area contributed by atoms with E-state index in [0.29, 0.717) is 18.5 Å². The fourth-order valence-corrected chi connectivity index (χ4v) is 3.29. The van der Waals surface area contributed by atoms with Gasteiger partial charge in [-0.1, -0.05) is 25.6 Å². The molecule has 0 amide bonds. The average molecular weight is 255 g/mol. The molecule has 16 heavy (non-hydrogen) atoms. The highest BCUT2D eigenvalue weighted by Crippen LogP contribution is 2.19. The van der Waals surface area contributed by atoms with E-state index < -0.39 is 0 Å². The van der Waals surface area contributed by atoms with Gasteiger partial charge in [-0.2, -0.15) is 0 Å². The molecule has 0 bridgehead atoms. The Bertz CT molecular complexity index is 384. The second-order valence-corrected chi connectivity index (χ2v) is 6.36. The Balaban J connectivity index is 1.90. The first-order chi connectivity index (χ1) is 7.65. The maximum absolute atomic E-state index is 4.55. The van der Waals surface area contributed by atoms with Gasteiger partial charge in [0, 0.05) is 17.2 Å². The molecule has 0 aliphatic carbocycles. The average Bonchev–Trinajstić information content (AvgIpc) is 2.83. The van der Waals surface area contributed by atoms with Gasteiger partial charge in [-0.3, -0.25) is 4.99 Å². The van der Waals surface area contributed by atoms with E-state index in [1.165, 1.54) is 0 Å². The van der Waals surface area contributed by atoms with Gasteiger partial charge < -0.3 is 5.32 Å². The SMILES string of the molecule is Cc1nc(CN=C2NC(C(C)C)CS2)cs1. The summed E-state index contributed by atoms with van der Waals surface area (Å²) in [5.74, 6) is 1.80. The van der Waals surface area contributed by atoms with Crippen molar-refractivity contribution < 1.29 is 0 Å². The predicted octanol–water partition coefficient (Wildman–Crippen LogP) is 2.67. The maximum atomic E-state index is 4.55. The lowest BCUT2D eigenvalue weighted by Gasteiger charge is -2.12. The quantitative estimate of drug-likeness (QED) is 0.902. The predicted molar refractivity (Wildman–Crippen MR) is 72.2 cm³/mol. The number of aliphatic imine (C=N–C) groups is 1. The number of thiazole rings is 1. The third-order valence-electron chi connectivity index (χ3n) is 2.56. The van der Waals surface area contributed by atoms with Gasteiger partial charge in [0.1, 0.15) is 0 Å². The molecule has 1 fully saturated rings. The second-order valence-electron chi connectivity index (χ2n) is 4.29. The van der Waals surface area contributed by atoms with Crippen molar-refractivity contribution in [3.8, 4) is 0 Å². The van der Waals surface area contributed by atoms with Crippen LogP contribution in [0.5, 0.6) is 0 Å². The first-order valence-electron chi connectivity index (χ1n) is 5.50. The Hall–Kier alpha value is -0.550. The molecular formula is C11H17N3S2. The van der Waals surface area contributed by atoms with E-state index in [2.05, 4.69) is 34.5 Å². The van der Waals surface area contributed by atoms with Crippen molar-refractivity contribution in [1.82, 2.24) is 10.3 Å². The summed E-state index contributed by atoms with van der Waals surface area (Å²) in [6.45, 7) is 7.21. The molecule has 1 atom stereocenters. The normalized spacial score (nSPS) is 23.0. The van der Waals surface area contributed by atoms with E-state index in [-0.39, 0.29) is 0 Å². The lowest BCUT2D eigenvalue weighted by molar-refractivity contribution is 0.503. The number of thioether (sulfide) groups is 1. The van der Waals surface area contributed by atoms with Crippen LogP contribution in [0.4, 0.5) is 0 Å².